The molecule has 0 spiro atoms. The van der Waals surface area contributed by atoms with Crippen LogP contribution >= 0.6 is 23.8 Å². The minimum absolute atomic E-state index is 0.00461. The summed E-state index contributed by atoms with van der Waals surface area (Å²) < 4.78 is 5.47. The zero-order valence-corrected chi connectivity index (χ0v) is 21.4. The molecule has 1 fully saturated rings. The van der Waals surface area contributed by atoms with Crippen LogP contribution in [0.25, 0.3) is 0 Å². The van der Waals surface area contributed by atoms with E-state index in [0.29, 0.717) is 54.7 Å². The van der Waals surface area contributed by atoms with Gasteiger partial charge in [0.15, 0.2) is 5.11 Å². The predicted molar refractivity (Wildman–Crippen MR) is 147 cm³/mol. The van der Waals surface area contributed by atoms with E-state index in [-0.39, 0.29) is 16.9 Å². The first-order chi connectivity index (χ1) is 17.4. The average molecular weight is 523 g/mol. The van der Waals surface area contributed by atoms with Gasteiger partial charge in [0.25, 0.3) is 11.8 Å². The molecule has 0 atom stereocenters. The van der Waals surface area contributed by atoms with Gasteiger partial charge in [0.05, 0.1) is 18.0 Å². The largest absolute Gasteiger partial charge is 0.494 e. The molecule has 0 unspecified atom stereocenters. The summed E-state index contributed by atoms with van der Waals surface area (Å²) in [5.41, 5.74) is 2.82. The second-order valence-corrected chi connectivity index (χ2v) is 9.02. The van der Waals surface area contributed by atoms with E-state index in [1.165, 1.54) is 0 Å². The number of ether oxygens (including phenoxy) is 1. The maximum Gasteiger partial charge on any atom is 0.257 e. The first-order valence-electron chi connectivity index (χ1n) is 11.7. The highest BCUT2D eigenvalue weighted by Crippen LogP contribution is 2.27. The molecule has 3 aromatic rings. The summed E-state index contributed by atoms with van der Waals surface area (Å²) in [6.45, 7) is 4.93. The van der Waals surface area contributed by atoms with Crippen molar-refractivity contribution in [3.8, 4) is 5.75 Å². The summed E-state index contributed by atoms with van der Waals surface area (Å²) in [5, 5.41) is 6.69. The zero-order valence-electron chi connectivity index (χ0n) is 19.9. The van der Waals surface area contributed by atoms with Crippen LogP contribution in [0.5, 0.6) is 5.75 Å². The molecule has 36 heavy (non-hydrogen) atoms. The molecular formula is C27H27ClN4O3S. The molecule has 2 amide bonds. The maximum absolute atomic E-state index is 12.8. The first-order valence-corrected chi connectivity index (χ1v) is 12.5. The van der Waals surface area contributed by atoms with Crippen molar-refractivity contribution in [2.24, 2.45) is 0 Å². The van der Waals surface area contributed by atoms with Crippen molar-refractivity contribution in [2.75, 3.05) is 43.0 Å². The number of carbonyl (C=O) groups is 2. The molecule has 0 aromatic heterocycles. The van der Waals surface area contributed by atoms with E-state index in [2.05, 4.69) is 15.5 Å². The van der Waals surface area contributed by atoms with E-state index < -0.39 is 0 Å². The van der Waals surface area contributed by atoms with Crippen molar-refractivity contribution in [3.05, 3.63) is 88.9 Å². The number of hydrogen-bond acceptors (Lipinski definition) is 5. The Kier molecular flexibility index (Phi) is 8.40. The van der Waals surface area contributed by atoms with Gasteiger partial charge in [0.2, 0.25) is 0 Å². The first kappa shape index (κ1) is 25.5. The number of benzene rings is 3. The lowest BCUT2D eigenvalue weighted by molar-refractivity contribution is 0.0746. The maximum atomic E-state index is 12.8. The molecule has 3 aromatic carbocycles. The van der Waals surface area contributed by atoms with Gasteiger partial charge >= 0.3 is 0 Å². The standard InChI is InChI=1S/C27H27ClN4O3S/c1-2-35-22-7-5-6-20(18-22)25(33)30-27(36)29-23-8-3-4-9-24(23)31-14-16-32(17-15-31)26(34)19-10-12-21(28)13-11-19/h3-13,18H,2,14-17H2,1H3,(H2,29,30,33,36). The lowest BCUT2D eigenvalue weighted by Gasteiger charge is -2.37. The summed E-state index contributed by atoms with van der Waals surface area (Å²) in [6, 6.07) is 21.7. The van der Waals surface area contributed by atoms with Gasteiger partial charge in [-0.25, -0.2) is 0 Å². The van der Waals surface area contributed by atoms with Crippen LogP contribution in [0.4, 0.5) is 11.4 Å². The predicted octanol–water partition coefficient (Wildman–Crippen LogP) is 4.83. The number of hydrogen-bond donors (Lipinski definition) is 2. The Labute approximate surface area is 221 Å². The fourth-order valence-corrected chi connectivity index (χ4v) is 4.33. The van der Waals surface area contributed by atoms with Crippen LogP contribution in [-0.4, -0.2) is 54.6 Å². The Morgan fingerprint density at radius 1 is 0.944 bits per heavy atom. The van der Waals surface area contributed by atoms with Gasteiger partial charge in [0.1, 0.15) is 5.75 Å². The van der Waals surface area contributed by atoms with Crippen LogP contribution in [0, 0.1) is 0 Å². The SMILES string of the molecule is CCOc1cccc(C(=O)NC(=S)Nc2ccccc2N2CCN(C(=O)c3ccc(Cl)cc3)CC2)c1. The normalized spacial score (nSPS) is 13.2. The highest BCUT2D eigenvalue weighted by atomic mass is 35.5. The molecule has 7 nitrogen and oxygen atoms in total. The van der Waals surface area contributed by atoms with Crippen molar-refractivity contribution in [2.45, 2.75) is 6.92 Å². The molecule has 9 heteroatoms. The van der Waals surface area contributed by atoms with Crippen molar-refractivity contribution < 1.29 is 14.3 Å². The molecule has 4 rings (SSSR count). The van der Waals surface area contributed by atoms with Gasteiger partial charge in [0, 0.05) is 42.3 Å². The van der Waals surface area contributed by atoms with Crippen LogP contribution < -0.4 is 20.3 Å². The molecule has 0 saturated carbocycles. The second kappa shape index (κ2) is 11.9. The summed E-state index contributed by atoms with van der Waals surface area (Å²) >= 11 is 11.4. The fraction of sp³-hybridized carbons (Fsp3) is 0.222. The minimum Gasteiger partial charge on any atom is -0.494 e. The molecule has 1 saturated heterocycles. The van der Waals surface area contributed by atoms with Gasteiger partial charge in [-0.1, -0.05) is 29.8 Å². The van der Waals surface area contributed by atoms with Crippen molar-refractivity contribution in [1.29, 1.82) is 0 Å². The average Bonchev–Trinajstić information content (AvgIpc) is 2.89. The molecule has 1 aliphatic rings. The molecule has 1 heterocycles. The second-order valence-electron chi connectivity index (χ2n) is 8.17. The number of nitrogens with one attached hydrogen (secondary N) is 2. The van der Waals surface area contributed by atoms with Crippen molar-refractivity contribution in [3.63, 3.8) is 0 Å². The van der Waals surface area contributed by atoms with Crippen molar-refractivity contribution >= 4 is 52.1 Å². The van der Waals surface area contributed by atoms with Crippen LogP contribution in [0.1, 0.15) is 27.6 Å². The zero-order chi connectivity index (χ0) is 25.5. The number of thiocarbonyl (C=S) groups is 1. The summed E-state index contributed by atoms with van der Waals surface area (Å²) in [7, 11) is 0. The Bertz CT molecular complexity index is 1240. The number of amides is 2. The molecular weight excluding hydrogens is 496 g/mol. The molecule has 2 N–H and O–H groups in total. The van der Waals surface area contributed by atoms with E-state index in [9.17, 15) is 9.59 Å². The van der Waals surface area contributed by atoms with E-state index in [1.807, 2.05) is 36.1 Å². The Morgan fingerprint density at radius 3 is 2.39 bits per heavy atom. The van der Waals surface area contributed by atoms with E-state index in [1.54, 1.807) is 48.5 Å². The Balaban J connectivity index is 1.37. The lowest BCUT2D eigenvalue weighted by atomic mass is 10.1. The number of piperazine rings is 1. The van der Waals surface area contributed by atoms with Gasteiger partial charge in [-0.05, 0) is 73.7 Å². The lowest BCUT2D eigenvalue weighted by Crippen LogP contribution is -2.49. The number of para-hydroxylation sites is 2. The number of nitrogens with zero attached hydrogens (tertiary/aromatic N) is 2. The number of anilines is 2. The minimum atomic E-state index is -0.319. The van der Waals surface area contributed by atoms with Gasteiger partial charge in [-0.3, -0.25) is 14.9 Å². The van der Waals surface area contributed by atoms with Gasteiger partial charge in [-0.15, -0.1) is 0 Å². The highest BCUT2D eigenvalue weighted by Gasteiger charge is 2.23. The van der Waals surface area contributed by atoms with E-state index in [0.717, 1.165) is 11.4 Å². The number of rotatable bonds is 6. The third kappa shape index (κ3) is 6.33. The Morgan fingerprint density at radius 2 is 1.67 bits per heavy atom. The number of carbonyl (C=O) groups excluding carboxylic acids is 2. The quantitative estimate of drug-likeness (QED) is 0.452. The van der Waals surface area contributed by atoms with Crippen LogP contribution in [0.3, 0.4) is 0 Å². The summed E-state index contributed by atoms with van der Waals surface area (Å²) in [5.74, 6) is 0.305. The summed E-state index contributed by atoms with van der Waals surface area (Å²) in [4.78, 5) is 29.5. The van der Waals surface area contributed by atoms with Crippen LogP contribution in [0.15, 0.2) is 72.8 Å². The molecule has 186 valence electrons. The topological polar surface area (TPSA) is 73.9 Å². The third-order valence-corrected chi connectivity index (χ3v) is 6.24. The molecule has 0 radical (unpaired) electrons. The highest BCUT2D eigenvalue weighted by molar-refractivity contribution is 7.80. The van der Waals surface area contributed by atoms with Crippen LogP contribution in [-0.2, 0) is 0 Å². The molecule has 1 aliphatic heterocycles. The molecule has 0 aliphatic carbocycles. The molecule has 0 bridgehead atoms. The Hall–Kier alpha value is -3.62. The third-order valence-electron chi connectivity index (χ3n) is 5.79. The van der Waals surface area contributed by atoms with E-state index >= 15 is 0 Å². The fourth-order valence-electron chi connectivity index (χ4n) is 4.00. The number of halogens is 1. The summed E-state index contributed by atoms with van der Waals surface area (Å²) in [6.07, 6.45) is 0. The smallest absolute Gasteiger partial charge is 0.257 e. The van der Waals surface area contributed by atoms with Gasteiger partial charge < -0.3 is 19.9 Å². The van der Waals surface area contributed by atoms with Crippen LogP contribution in [0.2, 0.25) is 5.02 Å². The van der Waals surface area contributed by atoms with Gasteiger partial charge in [-0.2, -0.15) is 0 Å². The monoisotopic (exact) mass is 522 g/mol. The van der Waals surface area contributed by atoms with E-state index in [4.69, 9.17) is 28.6 Å². The van der Waals surface area contributed by atoms with Crippen molar-refractivity contribution in [1.82, 2.24) is 10.2 Å².